The first-order valence-electron chi connectivity index (χ1n) is 9.47. The Morgan fingerprint density at radius 1 is 1.03 bits per heavy atom. The van der Waals surface area contributed by atoms with Gasteiger partial charge in [0.15, 0.2) is 10.9 Å². The van der Waals surface area contributed by atoms with E-state index in [0.717, 1.165) is 11.4 Å². The minimum atomic E-state index is -0.169. The zero-order valence-corrected chi connectivity index (χ0v) is 17.5. The summed E-state index contributed by atoms with van der Waals surface area (Å²) in [4.78, 5) is 17.7. The molecule has 0 spiro atoms. The van der Waals surface area contributed by atoms with Gasteiger partial charge in [0.2, 0.25) is 0 Å². The summed E-state index contributed by atoms with van der Waals surface area (Å²) in [5.74, 6) is 1.14. The first-order chi connectivity index (χ1) is 15.2. The maximum atomic E-state index is 13.1. The molecule has 7 nitrogen and oxygen atoms in total. The smallest absolute Gasteiger partial charge is 0.266 e. The average molecular weight is 430 g/mol. The quantitative estimate of drug-likeness (QED) is 0.286. The van der Waals surface area contributed by atoms with Crippen molar-refractivity contribution < 1.29 is 4.74 Å². The summed E-state index contributed by atoms with van der Waals surface area (Å²) in [6.07, 6.45) is 1.48. The fourth-order valence-electron chi connectivity index (χ4n) is 3.05. The summed E-state index contributed by atoms with van der Waals surface area (Å²) >= 11 is 5.29. The number of para-hydroxylation sites is 2. The lowest BCUT2D eigenvalue weighted by molar-refractivity contribution is 0.415. The molecule has 31 heavy (non-hydrogen) atoms. The highest BCUT2D eigenvalue weighted by Gasteiger charge is 2.11. The van der Waals surface area contributed by atoms with Crippen LogP contribution in [-0.4, -0.2) is 28.0 Å². The fraction of sp³-hybridized carbons (Fsp3) is 0.0435. The Labute approximate surface area is 184 Å². The Kier molecular flexibility index (Phi) is 6.00. The first kappa shape index (κ1) is 20.2. The van der Waals surface area contributed by atoms with Gasteiger partial charge in [-0.25, -0.2) is 4.98 Å². The predicted molar refractivity (Wildman–Crippen MR) is 127 cm³/mol. The van der Waals surface area contributed by atoms with Crippen molar-refractivity contribution in [1.29, 1.82) is 0 Å². The number of ether oxygens (including phenoxy) is 1. The molecule has 4 aromatic rings. The lowest BCUT2D eigenvalue weighted by Gasteiger charge is -2.11. The lowest BCUT2D eigenvalue weighted by atomic mass is 10.2. The number of fused-ring (bicyclic) bond motifs is 1. The number of aromatic nitrogens is 2. The van der Waals surface area contributed by atoms with Gasteiger partial charge in [-0.1, -0.05) is 30.3 Å². The van der Waals surface area contributed by atoms with Gasteiger partial charge in [-0.2, -0.15) is 5.10 Å². The normalized spacial score (nSPS) is 10.9. The Bertz CT molecular complexity index is 1300. The molecule has 3 aromatic carbocycles. The van der Waals surface area contributed by atoms with E-state index in [-0.39, 0.29) is 5.56 Å². The molecule has 1 aromatic heterocycles. The van der Waals surface area contributed by atoms with Gasteiger partial charge in [-0.05, 0) is 60.7 Å². The van der Waals surface area contributed by atoms with E-state index >= 15 is 0 Å². The molecule has 0 atom stereocenters. The van der Waals surface area contributed by atoms with Crippen molar-refractivity contribution in [3.8, 4) is 11.4 Å². The van der Waals surface area contributed by atoms with Gasteiger partial charge in [0.05, 0.1) is 29.9 Å². The van der Waals surface area contributed by atoms with Gasteiger partial charge in [0, 0.05) is 5.69 Å². The molecule has 0 fully saturated rings. The maximum absolute atomic E-state index is 13.1. The van der Waals surface area contributed by atoms with Crippen molar-refractivity contribution in [2.45, 2.75) is 0 Å². The average Bonchev–Trinajstić information content (AvgIpc) is 2.80. The van der Waals surface area contributed by atoms with Crippen LogP contribution in [0, 0.1) is 0 Å². The highest BCUT2D eigenvalue weighted by Crippen LogP contribution is 2.15. The summed E-state index contributed by atoms with van der Waals surface area (Å²) in [6.45, 7) is 0. The number of benzene rings is 3. The number of hydrazone groups is 1. The number of hydrogen-bond acceptors (Lipinski definition) is 5. The number of thiocarbonyl (C=S) groups is 1. The fourth-order valence-corrected chi connectivity index (χ4v) is 3.22. The summed E-state index contributed by atoms with van der Waals surface area (Å²) < 4.78 is 6.66. The van der Waals surface area contributed by atoms with Crippen LogP contribution >= 0.6 is 12.2 Å². The van der Waals surface area contributed by atoms with Crippen LogP contribution in [0.5, 0.6) is 5.75 Å². The summed E-state index contributed by atoms with van der Waals surface area (Å²) in [5, 5.41) is 8.05. The molecule has 0 bridgehead atoms. The number of nitrogens with zero attached hydrogens (tertiary/aromatic N) is 3. The Hall–Kier alpha value is -4.04. The van der Waals surface area contributed by atoms with Crippen molar-refractivity contribution in [3.05, 3.63) is 95.0 Å². The van der Waals surface area contributed by atoms with Crippen LogP contribution in [0.2, 0.25) is 0 Å². The zero-order chi connectivity index (χ0) is 21.6. The Balaban J connectivity index is 1.60. The van der Waals surface area contributed by atoms with Gasteiger partial charge in [0.25, 0.3) is 5.56 Å². The van der Waals surface area contributed by atoms with Gasteiger partial charge in [0.1, 0.15) is 5.75 Å². The molecule has 0 saturated heterocycles. The number of methoxy groups -OCH3 is 1. The molecule has 0 saturated carbocycles. The molecule has 1 heterocycles. The van der Waals surface area contributed by atoms with Crippen molar-refractivity contribution in [2.75, 3.05) is 12.4 Å². The topological polar surface area (TPSA) is 80.5 Å². The minimum Gasteiger partial charge on any atom is -0.497 e. The van der Waals surface area contributed by atoms with Crippen LogP contribution in [0.25, 0.3) is 16.6 Å². The minimum absolute atomic E-state index is 0.169. The third-order valence-electron chi connectivity index (χ3n) is 4.51. The summed E-state index contributed by atoms with van der Waals surface area (Å²) in [7, 11) is 1.61. The molecule has 4 rings (SSSR count). The molecule has 0 aliphatic heterocycles. The van der Waals surface area contributed by atoms with Gasteiger partial charge >= 0.3 is 0 Å². The second kappa shape index (κ2) is 9.19. The third kappa shape index (κ3) is 4.59. The van der Waals surface area contributed by atoms with E-state index in [0.29, 0.717) is 27.5 Å². The van der Waals surface area contributed by atoms with Crippen LogP contribution in [0.4, 0.5) is 5.69 Å². The number of nitrogens with one attached hydrogen (secondary N) is 2. The number of hydrogen-bond donors (Lipinski definition) is 2. The molecule has 0 aliphatic rings. The third-order valence-corrected chi connectivity index (χ3v) is 4.70. The van der Waals surface area contributed by atoms with Crippen LogP contribution < -0.4 is 21.0 Å². The summed E-state index contributed by atoms with van der Waals surface area (Å²) in [6, 6.07) is 23.9. The molecule has 2 N–H and O–H groups in total. The molecular formula is C23H19N5O2S. The van der Waals surface area contributed by atoms with E-state index in [4.69, 9.17) is 17.0 Å². The van der Waals surface area contributed by atoms with Crippen LogP contribution in [0.1, 0.15) is 5.82 Å². The van der Waals surface area contributed by atoms with E-state index in [2.05, 4.69) is 20.8 Å². The van der Waals surface area contributed by atoms with Crippen molar-refractivity contribution >= 4 is 40.1 Å². The Morgan fingerprint density at radius 3 is 2.48 bits per heavy atom. The van der Waals surface area contributed by atoms with Crippen molar-refractivity contribution in [1.82, 2.24) is 15.0 Å². The van der Waals surface area contributed by atoms with E-state index < -0.39 is 0 Å². The Morgan fingerprint density at radius 2 is 1.74 bits per heavy atom. The lowest BCUT2D eigenvalue weighted by Crippen LogP contribution is -2.26. The van der Waals surface area contributed by atoms with Crippen molar-refractivity contribution in [3.63, 3.8) is 0 Å². The van der Waals surface area contributed by atoms with Crippen molar-refractivity contribution in [2.24, 2.45) is 5.10 Å². The number of rotatable bonds is 5. The number of anilines is 1. The predicted octanol–water partition coefficient (Wildman–Crippen LogP) is 3.71. The molecule has 0 radical (unpaired) electrons. The van der Waals surface area contributed by atoms with Crippen LogP contribution in [0.3, 0.4) is 0 Å². The monoisotopic (exact) mass is 429 g/mol. The van der Waals surface area contributed by atoms with Gasteiger partial charge in [-0.3, -0.25) is 14.8 Å². The highest BCUT2D eigenvalue weighted by molar-refractivity contribution is 7.80. The van der Waals surface area contributed by atoms with E-state index in [1.54, 1.807) is 19.2 Å². The second-order valence-electron chi connectivity index (χ2n) is 6.52. The summed E-state index contributed by atoms with van der Waals surface area (Å²) in [5.41, 5.74) is 4.68. The SMILES string of the molecule is COc1ccc(NC(=S)N/N=C/c2nc3ccccc3c(=O)n2-c2ccccc2)cc1. The second-order valence-corrected chi connectivity index (χ2v) is 6.92. The van der Waals surface area contributed by atoms with Gasteiger partial charge < -0.3 is 10.1 Å². The van der Waals surface area contributed by atoms with E-state index in [1.165, 1.54) is 10.8 Å². The molecular weight excluding hydrogens is 410 g/mol. The standard InChI is InChI=1S/C23H19N5O2S/c1-30-18-13-11-16(12-14-18)25-23(31)27-24-15-21-26-20-10-6-5-9-19(20)22(29)28(21)17-7-3-2-4-8-17/h2-15H,1H3,(H2,25,27,31)/b24-15+. The van der Waals surface area contributed by atoms with Crippen LogP contribution in [-0.2, 0) is 0 Å². The highest BCUT2D eigenvalue weighted by atomic mass is 32.1. The van der Waals surface area contributed by atoms with Crippen LogP contribution in [0.15, 0.2) is 88.8 Å². The largest absolute Gasteiger partial charge is 0.497 e. The van der Waals surface area contributed by atoms with E-state index in [1.807, 2.05) is 66.7 Å². The first-order valence-corrected chi connectivity index (χ1v) is 9.88. The molecule has 8 heteroatoms. The molecule has 154 valence electrons. The molecule has 0 aliphatic carbocycles. The maximum Gasteiger partial charge on any atom is 0.266 e. The molecule has 0 amide bonds. The molecule has 0 unspecified atom stereocenters. The van der Waals surface area contributed by atoms with E-state index in [9.17, 15) is 4.79 Å². The zero-order valence-electron chi connectivity index (χ0n) is 16.6. The van der Waals surface area contributed by atoms with Gasteiger partial charge in [-0.15, -0.1) is 0 Å².